The van der Waals surface area contributed by atoms with Crippen LogP contribution in [0.1, 0.15) is 12.8 Å². The Morgan fingerprint density at radius 3 is 2.94 bits per heavy atom. The molecule has 1 aromatic rings. The van der Waals surface area contributed by atoms with Gasteiger partial charge in [0, 0.05) is 17.1 Å². The molecule has 1 N–H and O–H groups in total. The topological polar surface area (TPSA) is 57.6 Å². The zero-order valence-electron chi connectivity index (χ0n) is 8.47. The van der Waals surface area contributed by atoms with Gasteiger partial charge < -0.3 is 5.11 Å². The van der Waals surface area contributed by atoms with Gasteiger partial charge in [-0.3, -0.25) is 0 Å². The molecule has 0 spiro atoms. The highest BCUT2D eigenvalue weighted by Gasteiger charge is 2.36. The molecule has 0 radical (unpaired) electrons. The molecule has 4 nitrogen and oxygen atoms in total. The minimum atomic E-state index is -3.44. The van der Waals surface area contributed by atoms with Gasteiger partial charge in [0.25, 0.3) is 10.0 Å². The standard InChI is InChI=1S/C9H12BrNO3S2/c10-8-3-5-15-9(8)16(13,14)11-4-1-2-7(11)6-12/h3,5,7,12H,1-2,4,6H2/t7-/m0/s1. The molecule has 0 bridgehead atoms. The molecule has 2 heterocycles. The summed E-state index contributed by atoms with van der Waals surface area (Å²) in [6, 6.07) is 1.46. The Bertz CT molecular complexity index is 471. The number of halogens is 1. The van der Waals surface area contributed by atoms with Crippen molar-refractivity contribution in [2.24, 2.45) is 0 Å². The van der Waals surface area contributed by atoms with Crippen LogP contribution in [0, 0.1) is 0 Å². The lowest BCUT2D eigenvalue weighted by Crippen LogP contribution is -2.37. The molecule has 16 heavy (non-hydrogen) atoms. The van der Waals surface area contributed by atoms with Crippen molar-refractivity contribution in [1.82, 2.24) is 4.31 Å². The van der Waals surface area contributed by atoms with Crippen molar-refractivity contribution in [3.8, 4) is 0 Å². The van der Waals surface area contributed by atoms with Crippen molar-refractivity contribution < 1.29 is 13.5 Å². The average Bonchev–Trinajstić information content (AvgIpc) is 2.85. The van der Waals surface area contributed by atoms with Gasteiger partial charge in [-0.05, 0) is 40.2 Å². The van der Waals surface area contributed by atoms with Crippen molar-refractivity contribution in [2.45, 2.75) is 23.1 Å². The van der Waals surface area contributed by atoms with Crippen LogP contribution in [0.4, 0.5) is 0 Å². The maximum absolute atomic E-state index is 12.3. The molecule has 1 aliphatic rings. The summed E-state index contributed by atoms with van der Waals surface area (Å²) in [7, 11) is -3.44. The Labute approximate surface area is 107 Å². The van der Waals surface area contributed by atoms with Crippen molar-refractivity contribution in [3.05, 3.63) is 15.9 Å². The van der Waals surface area contributed by atoms with Crippen molar-refractivity contribution >= 4 is 37.3 Å². The van der Waals surface area contributed by atoms with E-state index in [1.165, 1.54) is 15.6 Å². The molecule has 0 saturated carbocycles. The van der Waals surface area contributed by atoms with E-state index >= 15 is 0 Å². The number of aliphatic hydroxyl groups is 1. The summed E-state index contributed by atoms with van der Waals surface area (Å²) in [6.07, 6.45) is 1.55. The van der Waals surface area contributed by atoms with Crippen molar-refractivity contribution in [1.29, 1.82) is 0 Å². The number of rotatable bonds is 3. The molecule has 7 heteroatoms. The van der Waals surface area contributed by atoms with Gasteiger partial charge >= 0.3 is 0 Å². The van der Waals surface area contributed by atoms with Crippen LogP contribution in [-0.2, 0) is 10.0 Å². The molecule has 1 saturated heterocycles. The highest BCUT2D eigenvalue weighted by Crippen LogP contribution is 2.33. The molecule has 0 aromatic carbocycles. The lowest BCUT2D eigenvalue weighted by molar-refractivity contribution is 0.213. The molecule has 0 aliphatic carbocycles. The summed E-state index contributed by atoms with van der Waals surface area (Å²) in [5, 5.41) is 10.9. The monoisotopic (exact) mass is 325 g/mol. The number of hydrogen-bond donors (Lipinski definition) is 1. The normalized spacial score (nSPS) is 22.8. The van der Waals surface area contributed by atoms with Crippen LogP contribution in [0.3, 0.4) is 0 Å². The van der Waals surface area contributed by atoms with Gasteiger partial charge in [-0.15, -0.1) is 11.3 Å². The smallest absolute Gasteiger partial charge is 0.254 e. The fourth-order valence-electron chi connectivity index (χ4n) is 1.88. The molecular weight excluding hydrogens is 314 g/mol. The lowest BCUT2D eigenvalue weighted by Gasteiger charge is -2.21. The van der Waals surface area contributed by atoms with Gasteiger partial charge in [-0.2, -0.15) is 4.31 Å². The predicted octanol–water partition coefficient (Wildman–Crippen LogP) is 1.66. The summed E-state index contributed by atoms with van der Waals surface area (Å²) in [6.45, 7) is 0.389. The second kappa shape index (κ2) is 4.73. The minimum absolute atomic E-state index is 0.109. The predicted molar refractivity (Wildman–Crippen MR) is 66.0 cm³/mol. The number of thiophene rings is 1. The van der Waals surface area contributed by atoms with E-state index in [9.17, 15) is 8.42 Å². The van der Waals surface area contributed by atoms with E-state index in [1.54, 1.807) is 11.4 Å². The van der Waals surface area contributed by atoms with E-state index in [2.05, 4.69) is 15.9 Å². The molecular formula is C9H12BrNO3S2. The van der Waals surface area contributed by atoms with Crippen LogP contribution < -0.4 is 0 Å². The van der Waals surface area contributed by atoms with Gasteiger partial charge in [0.2, 0.25) is 0 Å². The van der Waals surface area contributed by atoms with E-state index in [0.717, 1.165) is 12.8 Å². The van der Waals surface area contributed by atoms with Crippen molar-refractivity contribution in [3.63, 3.8) is 0 Å². The first-order chi connectivity index (χ1) is 7.57. The molecule has 0 unspecified atom stereocenters. The first-order valence-corrected chi connectivity index (χ1v) is 8.04. The van der Waals surface area contributed by atoms with Gasteiger partial charge in [0.05, 0.1) is 6.61 Å². The van der Waals surface area contributed by atoms with Crippen LogP contribution >= 0.6 is 27.3 Å². The average molecular weight is 326 g/mol. The Hall–Kier alpha value is 0.0500. The molecule has 1 atom stereocenters. The molecule has 1 fully saturated rings. The zero-order chi connectivity index (χ0) is 11.8. The lowest BCUT2D eigenvalue weighted by atomic mass is 10.2. The minimum Gasteiger partial charge on any atom is -0.395 e. The number of aliphatic hydroxyl groups excluding tert-OH is 1. The van der Waals surface area contributed by atoms with Crippen LogP contribution in [0.25, 0.3) is 0 Å². The van der Waals surface area contributed by atoms with Gasteiger partial charge in [0.1, 0.15) is 4.21 Å². The summed E-state index contributed by atoms with van der Waals surface area (Å²) < 4.78 is 26.9. The number of hydrogen-bond acceptors (Lipinski definition) is 4. The van der Waals surface area contributed by atoms with Gasteiger partial charge in [0.15, 0.2) is 0 Å². The Kier molecular flexibility index (Phi) is 3.70. The van der Waals surface area contributed by atoms with Crippen molar-refractivity contribution in [2.75, 3.05) is 13.2 Å². The molecule has 1 aliphatic heterocycles. The van der Waals surface area contributed by atoms with E-state index in [0.29, 0.717) is 15.2 Å². The molecule has 0 amide bonds. The third-order valence-corrected chi connectivity index (χ3v) is 7.26. The number of sulfonamides is 1. The van der Waals surface area contributed by atoms with Gasteiger partial charge in [-0.1, -0.05) is 0 Å². The Morgan fingerprint density at radius 2 is 2.38 bits per heavy atom. The third-order valence-electron chi connectivity index (χ3n) is 2.66. The summed E-state index contributed by atoms with van der Waals surface area (Å²) in [5.74, 6) is 0. The van der Waals surface area contributed by atoms with Crippen LogP contribution in [0.2, 0.25) is 0 Å². The maximum Gasteiger partial charge on any atom is 0.254 e. The number of nitrogens with zero attached hydrogens (tertiary/aromatic N) is 1. The van der Waals surface area contributed by atoms with E-state index in [4.69, 9.17) is 5.11 Å². The van der Waals surface area contributed by atoms with E-state index in [1.807, 2.05) is 0 Å². The zero-order valence-corrected chi connectivity index (χ0v) is 11.7. The Morgan fingerprint density at radius 1 is 1.62 bits per heavy atom. The second-order valence-electron chi connectivity index (χ2n) is 3.65. The Balaban J connectivity index is 2.36. The summed E-state index contributed by atoms with van der Waals surface area (Å²) >= 11 is 4.43. The highest BCUT2D eigenvalue weighted by molar-refractivity contribution is 9.10. The fraction of sp³-hybridized carbons (Fsp3) is 0.556. The molecule has 2 rings (SSSR count). The molecule has 90 valence electrons. The molecule has 1 aromatic heterocycles. The first kappa shape index (κ1) is 12.5. The van der Waals surface area contributed by atoms with Crippen LogP contribution in [0.5, 0.6) is 0 Å². The van der Waals surface area contributed by atoms with E-state index < -0.39 is 10.0 Å². The third kappa shape index (κ3) is 2.06. The van der Waals surface area contributed by atoms with E-state index in [-0.39, 0.29) is 12.6 Å². The fourth-order valence-corrected chi connectivity index (χ4v) is 5.99. The largest absolute Gasteiger partial charge is 0.395 e. The van der Waals surface area contributed by atoms with Gasteiger partial charge in [-0.25, -0.2) is 8.42 Å². The quantitative estimate of drug-likeness (QED) is 0.919. The summed E-state index contributed by atoms with van der Waals surface area (Å²) in [5.41, 5.74) is 0. The van der Waals surface area contributed by atoms with Crippen LogP contribution in [-0.4, -0.2) is 37.0 Å². The maximum atomic E-state index is 12.3. The first-order valence-electron chi connectivity index (χ1n) is 4.93. The van der Waals surface area contributed by atoms with Crippen LogP contribution in [0.15, 0.2) is 20.1 Å². The highest BCUT2D eigenvalue weighted by atomic mass is 79.9. The summed E-state index contributed by atoms with van der Waals surface area (Å²) in [4.78, 5) is 0. The SMILES string of the molecule is O=S(=O)(c1sccc1Br)N1CCC[C@H]1CO. The second-order valence-corrected chi connectivity index (χ2v) is 7.51.